The summed E-state index contributed by atoms with van der Waals surface area (Å²) in [6.07, 6.45) is 2.62. The third-order valence-electron chi connectivity index (χ3n) is 3.87. The number of imidazole rings is 1. The topological polar surface area (TPSA) is 64.0 Å². The number of rotatable bonds is 5. The summed E-state index contributed by atoms with van der Waals surface area (Å²) in [5, 5.41) is 1.03. The molecule has 0 saturated heterocycles. The molecular weight excluding hydrogens is 318 g/mol. The lowest BCUT2D eigenvalue weighted by Crippen LogP contribution is -2.26. The molecule has 0 bridgehead atoms. The minimum absolute atomic E-state index is 0.357. The van der Waals surface area contributed by atoms with Crippen molar-refractivity contribution in [2.75, 3.05) is 12.3 Å². The Morgan fingerprint density at radius 2 is 2.18 bits per heavy atom. The van der Waals surface area contributed by atoms with Gasteiger partial charge in [0.15, 0.2) is 5.16 Å². The lowest BCUT2D eigenvalue weighted by molar-refractivity contribution is 0.580. The van der Waals surface area contributed by atoms with Crippen LogP contribution in [0, 0.1) is 13.8 Å². The first-order chi connectivity index (χ1) is 10.5. The zero-order valence-electron chi connectivity index (χ0n) is 12.7. The molecule has 22 heavy (non-hydrogen) atoms. The molecule has 7 heteroatoms. The lowest BCUT2D eigenvalue weighted by Gasteiger charge is -2.10. The Morgan fingerprint density at radius 1 is 1.36 bits per heavy atom. The Hall–Kier alpha value is -1.31. The van der Waals surface area contributed by atoms with Crippen molar-refractivity contribution in [2.45, 2.75) is 36.9 Å². The molecule has 1 aromatic heterocycles. The molecule has 0 unspecified atom stereocenters. The average molecular weight is 337 g/mol. The predicted octanol–water partition coefficient (Wildman–Crippen LogP) is 2.13. The number of nitrogens with one attached hydrogen (secondary N) is 1. The normalized spacial score (nSPS) is 14.3. The number of fused-ring (bicyclic) bond motifs is 1. The Balaban J connectivity index is 1.66. The number of benzene rings is 1. The van der Waals surface area contributed by atoms with Crippen LogP contribution in [0.4, 0.5) is 0 Å². The van der Waals surface area contributed by atoms with Crippen LogP contribution in [0.2, 0.25) is 0 Å². The second-order valence-electron chi connectivity index (χ2n) is 5.40. The van der Waals surface area contributed by atoms with Gasteiger partial charge in [0.2, 0.25) is 10.0 Å². The quantitative estimate of drug-likeness (QED) is 0.908. The average Bonchev–Trinajstić information content (AvgIpc) is 3.02. The molecule has 1 aliphatic rings. The van der Waals surface area contributed by atoms with Gasteiger partial charge in [-0.25, -0.2) is 18.1 Å². The third-order valence-corrected chi connectivity index (χ3v) is 6.45. The molecule has 2 aromatic rings. The van der Waals surface area contributed by atoms with Crippen LogP contribution in [0.3, 0.4) is 0 Å². The van der Waals surface area contributed by atoms with Gasteiger partial charge in [-0.05, 0) is 31.0 Å². The van der Waals surface area contributed by atoms with Crippen molar-refractivity contribution in [1.29, 1.82) is 0 Å². The van der Waals surface area contributed by atoms with E-state index in [0.717, 1.165) is 34.3 Å². The van der Waals surface area contributed by atoms with Gasteiger partial charge in [-0.1, -0.05) is 23.9 Å². The van der Waals surface area contributed by atoms with Crippen molar-refractivity contribution < 1.29 is 8.42 Å². The van der Waals surface area contributed by atoms with E-state index in [1.54, 1.807) is 23.9 Å². The molecular formula is C15H19N3O2S2. The van der Waals surface area contributed by atoms with Crippen LogP contribution >= 0.6 is 11.8 Å². The van der Waals surface area contributed by atoms with Gasteiger partial charge < -0.3 is 4.57 Å². The molecule has 0 spiro atoms. The van der Waals surface area contributed by atoms with Crippen molar-refractivity contribution in [2.24, 2.45) is 0 Å². The smallest absolute Gasteiger partial charge is 0.240 e. The van der Waals surface area contributed by atoms with E-state index in [1.165, 1.54) is 0 Å². The highest BCUT2D eigenvalue weighted by Gasteiger charge is 2.18. The van der Waals surface area contributed by atoms with Gasteiger partial charge in [-0.2, -0.15) is 0 Å². The molecule has 1 N–H and O–H groups in total. The minimum Gasteiger partial charge on any atom is -0.325 e. The molecule has 0 fully saturated rings. The van der Waals surface area contributed by atoms with Gasteiger partial charge in [0.05, 0.1) is 10.6 Å². The Bertz CT molecular complexity index is 776. The van der Waals surface area contributed by atoms with Gasteiger partial charge >= 0.3 is 0 Å². The number of aryl methyl sites for hydroxylation is 2. The standard InChI is InChI=1S/C15H19N3O2S2/c1-11-4-3-5-14(12(11)2)22(19,20)16-7-6-13-10-18-8-9-21-15(18)17-13/h3-5,10,16H,6-9H2,1-2H3. The zero-order valence-corrected chi connectivity index (χ0v) is 14.3. The molecule has 1 aromatic carbocycles. The maximum Gasteiger partial charge on any atom is 0.240 e. The highest BCUT2D eigenvalue weighted by atomic mass is 32.2. The van der Waals surface area contributed by atoms with Gasteiger partial charge in [-0.3, -0.25) is 0 Å². The fourth-order valence-corrected chi connectivity index (χ4v) is 4.80. The van der Waals surface area contributed by atoms with E-state index < -0.39 is 10.0 Å². The van der Waals surface area contributed by atoms with Crippen LogP contribution in [-0.2, 0) is 23.0 Å². The number of thioether (sulfide) groups is 1. The first kappa shape index (κ1) is 15.6. The summed E-state index contributed by atoms with van der Waals surface area (Å²) in [4.78, 5) is 4.86. The molecule has 118 valence electrons. The molecule has 0 saturated carbocycles. The van der Waals surface area contributed by atoms with Crippen molar-refractivity contribution >= 4 is 21.8 Å². The van der Waals surface area contributed by atoms with Crippen molar-refractivity contribution in [1.82, 2.24) is 14.3 Å². The molecule has 0 amide bonds. The molecule has 5 nitrogen and oxygen atoms in total. The summed E-state index contributed by atoms with van der Waals surface area (Å²) >= 11 is 1.74. The van der Waals surface area contributed by atoms with Crippen LogP contribution in [0.1, 0.15) is 16.8 Å². The summed E-state index contributed by atoms with van der Waals surface area (Å²) in [7, 11) is -3.47. The van der Waals surface area contributed by atoms with E-state index in [9.17, 15) is 8.42 Å². The number of hydrogen-bond donors (Lipinski definition) is 1. The molecule has 2 heterocycles. The monoisotopic (exact) mass is 337 g/mol. The first-order valence-electron chi connectivity index (χ1n) is 7.22. The molecule has 1 aliphatic heterocycles. The third kappa shape index (κ3) is 3.06. The summed E-state index contributed by atoms with van der Waals surface area (Å²) in [5.41, 5.74) is 2.71. The Kier molecular flexibility index (Phi) is 4.29. The number of nitrogens with zero attached hydrogens (tertiary/aromatic N) is 2. The highest BCUT2D eigenvalue weighted by molar-refractivity contribution is 7.99. The van der Waals surface area contributed by atoms with E-state index >= 15 is 0 Å². The van der Waals surface area contributed by atoms with Gasteiger partial charge in [0.1, 0.15) is 0 Å². The van der Waals surface area contributed by atoms with Gasteiger partial charge in [-0.15, -0.1) is 0 Å². The number of aromatic nitrogens is 2. The number of sulfonamides is 1. The summed E-state index contributed by atoms with van der Waals surface area (Å²) < 4.78 is 29.6. The van der Waals surface area contributed by atoms with E-state index in [4.69, 9.17) is 0 Å². The Labute approximate surface area is 135 Å². The van der Waals surface area contributed by atoms with Crippen molar-refractivity contribution in [3.63, 3.8) is 0 Å². The summed E-state index contributed by atoms with van der Waals surface area (Å²) in [5.74, 6) is 1.07. The second-order valence-corrected chi connectivity index (χ2v) is 8.20. The van der Waals surface area contributed by atoms with Crippen LogP contribution in [-0.4, -0.2) is 30.3 Å². The second kappa shape index (κ2) is 6.06. The van der Waals surface area contributed by atoms with E-state index in [0.29, 0.717) is 17.9 Å². The molecule has 0 radical (unpaired) electrons. The van der Waals surface area contributed by atoms with Gasteiger partial charge in [0, 0.05) is 31.5 Å². The number of hydrogen-bond acceptors (Lipinski definition) is 4. The fraction of sp³-hybridized carbons (Fsp3) is 0.400. The molecule has 3 rings (SSSR count). The van der Waals surface area contributed by atoms with Gasteiger partial charge in [0.25, 0.3) is 0 Å². The SMILES string of the molecule is Cc1cccc(S(=O)(=O)NCCc2cn3c(n2)SCC3)c1C. The van der Waals surface area contributed by atoms with Crippen LogP contribution in [0.15, 0.2) is 34.4 Å². The largest absolute Gasteiger partial charge is 0.325 e. The van der Waals surface area contributed by atoms with E-state index in [2.05, 4.69) is 14.3 Å². The lowest BCUT2D eigenvalue weighted by atomic mass is 10.1. The zero-order chi connectivity index (χ0) is 15.7. The first-order valence-corrected chi connectivity index (χ1v) is 9.69. The predicted molar refractivity (Wildman–Crippen MR) is 87.8 cm³/mol. The van der Waals surface area contributed by atoms with Crippen LogP contribution in [0.5, 0.6) is 0 Å². The van der Waals surface area contributed by atoms with Crippen molar-refractivity contribution in [3.8, 4) is 0 Å². The maximum atomic E-state index is 12.4. The molecule has 0 atom stereocenters. The van der Waals surface area contributed by atoms with E-state index in [1.807, 2.05) is 26.1 Å². The molecule has 0 aliphatic carbocycles. The van der Waals surface area contributed by atoms with Crippen molar-refractivity contribution in [3.05, 3.63) is 41.2 Å². The highest BCUT2D eigenvalue weighted by Crippen LogP contribution is 2.24. The Morgan fingerprint density at radius 3 is 2.95 bits per heavy atom. The summed E-state index contributed by atoms with van der Waals surface area (Å²) in [6.45, 7) is 5.10. The maximum absolute atomic E-state index is 12.4. The van der Waals surface area contributed by atoms with Crippen LogP contribution in [0.25, 0.3) is 0 Å². The fourth-order valence-electron chi connectivity index (χ4n) is 2.49. The van der Waals surface area contributed by atoms with E-state index in [-0.39, 0.29) is 0 Å². The summed E-state index contributed by atoms with van der Waals surface area (Å²) in [6, 6.07) is 5.33. The minimum atomic E-state index is -3.47. The van der Waals surface area contributed by atoms with Crippen LogP contribution < -0.4 is 4.72 Å².